The summed E-state index contributed by atoms with van der Waals surface area (Å²) < 4.78 is 5.79. The molecule has 162 valence electrons. The molecule has 32 heavy (non-hydrogen) atoms. The van der Waals surface area contributed by atoms with Gasteiger partial charge < -0.3 is 14.6 Å². The third kappa shape index (κ3) is 5.67. The van der Waals surface area contributed by atoms with Gasteiger partial charge in [-0.05, 0) is 73.8 Å². The number of hydrogen-bond donors (Lipinski definition) is 1. The largest absolute Gasteiger partial charge is 0.519 e. The van der Waals surface area contributed by atoms with Gasteiger partial charge in [0, 0.05) is 28.9 Å². The van der Waals surface area contributed by atoms with Crippen molar-refractivity contribution in [2.45, 2.75) is 12.8 Å². The van der Waals surface area contributed by atoms with Gasteiger partial charge in [-0.3, -0.25) is 4.90 Å². The first kappa shape index (κ1) is 21.9. The standard InChI is InChI=1S/C26H23ClN2O3/c27-22-8-5-20(6-9-22)21-7-11-23(28-18-21)10-3-19-4-12-25(24(17-19)26(30)31)32-16-15-29-13-1-2-14-29/h4-9,11-12,17-18H,1-2,13-16H2,(H,30,31)/p+1. The van der Waals surface area contributed by atoms with Gasteiger partial charge in [-0.15, -0.1) is 0 Å². The highest BCUT2D eigenvalue weighted by molar-refractivity contribution is 6.30. The van der Waals surface area contributed by atoms with E-state index in [1.807, 2.05) is 36.4 Å². The Morgan fingerprint density at radius 2 is 1.78 bits per heavy atom. The molecular formula is C26H24ClN2O3+. The van der Waals surface area contributed by atoms with Crippen LogP contribution in [0.2, 0.25) is 5.02 Å². The number of halogens is 1. The highest BCUT2D eigenvalue weighted by Crippen LogP contribution is 2.22. The lowest BCUT2D eigenvalue weighted by molar-refractivity contribution is 0.237. The summed E-state index contributed by atoms with van der Waals surface area (Å²) in [5.41, 5.74) is 3.48. The summed E-state index contributed by atoms with van der Waals surface area (Å²) in [6, 6.07) is 16.5. The first-order chi connectivity index (χ1) is 15.6. The van der Waals surface area contributed by atoms with Crippen LogP contribution < -0.4 is 4.74 Å². The third-order valence-electron chi connectivity index (χ3n) is 5.36. The van der Waals surface area contributed by atoms with Gasteiger partial charge in [-0.1, -0.05) is 35.7 Å². The van der Waals surface area contributed by atoms with Crippen LogP contribution in [0.3, 0.4) is 0 Å². The van der Waals surface area contributed by atoms with E-state index in [0.29, 0.717) is 28.6 Å². The molecule has 1 saturated heterocycles. The molecule has 6 heteroatoms. The van der Waals surface area contributed by atoms with E-state index in [0.717, 1.165) is 30.8 Å². The lowest BCUT2D eigenvalue weighted by Gasteiger charge is -2.15. The molecule has 4 rings (SSSR count). The molecule has 2 aromatic carbocycles. The maximum Gasteiger partial charge on any atom is 0.519 e. The fourth-order valence-electron chi connectivity index (χ4n) is 3.62. The van der Waals surface area contributed by atoms with E-state index in [9.17, 15) is 9.90 Å². The number of carboxylic acid groups (broad SMARTS) is 1. The van der Waals surface area contributed by atoms with Crippen LogP contribution in [-0.2, 0) is 0 Å². The zero-order chi connectivity index (χ0) is 22.3. The average Bonchev–Trinajstić information content (AvgIpc) is 3.33. The van der Waals surface area contributed by atoms with Crippen LogP contribution in [0.4, 0.5) is 0 Å². The topological polar surface area (TPSA) is 67.0 Å². The minimum absolute atomic E-state index is 0.226. The van der Waals surface area contributed by atoms with Gasteiger partial charge in [0.15, 0.2) is 5.56 Å². The summed E-state index contributed by atoms with van der Waals surface area (Å²) in [4.78, 5) is 16.4. The number of aliphatic hydroxyl groups excluding tert-OH is 1. The summed E-state index contributed by atoms with van der Waals surface area (Å²) in [5, 5.41) is 10.4. The molecule has 2 N–H and O–H groups in total. The van der Waals surface area contributed by atoms with Gasteiger partial charge in [0.2, 0.25) is 0 Å². The van der Waals surface area contributed by atoms with Gasteiger partial charge in [0.1, 0.15) is 18.1 Å². The highest BCUT2D eigenvalue weighted by atomic mass is 35.5. The lowest BCUT2D eigenvalue weighted by Crippen LogP contribution is -2.25. The van der Waals surface area contributed by atoms with Crippen molar-refractivity contribution < 1.29 is 14.6 Å². The number of aromatic carboxylic acids is 1. The number of likely N-dealkylation sites (tertiary alicyclic amines) is 1. The molecule has 0 unspecified atom stereocenters. The van der Waals surface area contributed by atoms with Crippen molar-refractivity contribution in [1.29, 1.82) is 0 Å². The Kier molecular flexibility index (Phi) is 7.06. The second-order valence-electron chi connectivity index (χ2n) is 7.62. The minimum atomic E-state index is -0.782. The molecule has 1 aliphatic heterocycles. The summed E-state index contributed by atoms with van der Waals surface area (Å²) in [6.07, 6.45) is 4.22. The van der Waals surface area contributed by atoms with Gasteiger partial charge >= 0.3 is 5.97 Å². The van der Waals surface area contributed by atoms with Crippen LogP contribution in [0.25, 0.3) is 11.1 Å². The number of ether oxygens (including phenoxy) is 1. The van der Waals surface area contributed by atoms with Crippen molar-refractivity contribution in [2.75, 3.05) is 26.2 Å². The predicted molar refractivity (Wildman–Crippen MR) is 127 cm³/mol. The molecule has 1 aromatic heterocycles. The van der Waals surface area contributed by atoms with Crippen LogP contribution in [-0.4, -0.2) is 52.0 Å². The molecule has 2 heterocycles. The van der Waals surface area contributed by atoms with Gasteiger partial charge in [-0.2, -0.15) is 0 Å². The van der Waals surface area contributed by atoms with E-state index in [1.165, 1.54) is 12.8 Å². The van der Waals surface area contributed by atoms with E-state index in [4.69, 9.17) is 16.3 Å². The number of benzene rings is 2. The molecule has 0 amide bonds. The van der Waals surface area contributed by atoms with Crippen molar-refractivity contribution in [3.05, 3.63) is 82.6 Å². The van der Waals surface area contributed by atoms with E-state index < -0.39 is 5.97 Å². The highest BCUT2D eigenvalue weighted by Gasteiger charge is 2.18. The molecular weight excluding hydrogens is 424 g/mol. The Balaban J connectivity index is 1.44. The molecule has 5 nitrogen and oxygen atoms in total. The Hall–Kier alpha value is -3.33. The fraction of sp³-hybridized carbons (Fsp3) is 0.231. The Labute approximate surface area is 192 Å². The Morgan fingerprint density at radius 1 is 1.03 bits per heavy atom. The quantitative estimate of drug-likeness (QED) is 0.440. The van der Waals surface area contributed by atoms with Crippen molar-refractivity contribution in [1.82, 2.24) is 9.88 Å². The smallest absolute Gasteiger partial charge is 0.491 e. The summed E-state index contributed by atoms with van der Waals surface area (Å²) in [6.45, 7) is 3.51. The SMILES string of the molecule is OC(=[OH+])c1cc(C#Cc2ccc(-c3ccc(Cl)cc3)cn2)ccc1OCCN1CCCC1. The van der Waals surface area contributed by atoms with Crippen molar-refractivity contribution in [2.24, 2.45) is 0 Å². The Bertz CT molecular complexity index is 1140. The maximum atomic E-state index is 9.69. The normalized spacial score (nSPS) is 13.4. The number of rotatable bonds is 6. The van der Waals surface area contributed by atoms with Crippen LogP contribution in [0.1, 0.15) is 29.7 Å². The molecule has 1 aliphatic rings. The first-order valence-electron chi connectivity index (χ1n) is 10.6. The molecule has 0 aliphatic carbocycles. The van der Waals surface area contributed by atoms with Gasteiger partial charge in [-0.25, -0.2) is 4.98 Å². The molecule has 1 fully saturated rings. The first-order valence-corrected chi connectivity index (χ1v) is 10.9. The molecule has 0 bridgehead atoms. The van der Waals surface area contributed by atoms with E-state index >= 15 is 0 Å². The number of nitrogens with zero attached hydrogens (tertiary/aromatic N) is 2. The second-order valence-corrected chi connectivity index (χ2v) is 8.06. The van der Waals surface area contributed by atoms with E-state index in [-0.39, 0.29) is 5.56 Å². The van der Waals surface area contributed by atoms with Gasteiger partial charge in [0.25, 0.3) is 0 Å². The zero-order valence-electron chi connectivity index (χ0n) is 17.6. The fourth-order valence-corrected chi connectivity index (χ4v) is 3.74. The summed E-state index contributed by atoms with van der Waals surface area (Å²) in [5.74, 6) is 5.68. The van der Waals surface area contributed by atoms with Gasteiger partial charge in [0.05, 0.1) is 0 Å². The number of carboxylic acids is 1. The summed E-state index contributed by atoms with van der Waals surface area (Å²) >= 11 is 5.94. The molecule has 3 aromatic rings. The molecule has 0 atom stereocenters. The second kappa shape index (κ2) is 10.3. The molecule has 0 saturated carbocycles. The van der Waals surface area contributed by atoms with Crippen LogP contribution in [0.5, 0.6) is 5.75 Å². The third-order valence-corrected chi connectivity index (χ3v) is 5.61. The van der Waals surface area contributed by atoms with Crippen LogP contribution in [0.15, 0.2) is 60.8 Å². The number of pyridine rings is 1. The molecule has 0 spiro atoms. The minimum Gasteiger partial charge on any atom is -0.491 e. The summed E-state index contributed by atoms with van der Waals surface area (Å²) in [7, 11) is 0. The zero-order valence-corrected chi connectivity index (χ0v) is 18.3. The van der Waals surface area contributed by atoms with E-state index in [2.05, 4.69) is 21.7 Å². The monoisotopic (exact) mass is 447 g/mol. The van der Waals surface area contributed by atoms with Crippen molar-refractivity contribution in [3.63, 3.8) is 0 Å². The molecule has 0 radical (unpaired) electrons. The number of aromatic nitrogens is 1. The van der Waals surface area contributed by atoms with E-state index in [1.54, 1.807) is 24.4 Å². The van der Waals surface area contributed by atoms with Crippen LogP contribution >= 0.6 is 11.6 Å². The maximum absolute atomic E-state index is 9.69. The Morgan fingerprint density at radius 3 is 2.47 bits per heavy atom. The van der Waals surface area contributed by atoms with Crippen molar-refractivity contribution >= 4 is 17.6 Å². The average molecular weight is 448 g/mol. The lowest BCUT2D eigenvalue weighted by atomic mass is 10.1. The predicted octanol–water partition coefficient (Wildman–Crippen LogP) is 4.68. The van der Waals surface area contributed by atoms with Crippen molar-refractivity contribution in [3.8, 4) is 28.7 Å². The number of hydrogen-bond acceptors (Lipinski definition) is 3. The van der Waals surface area contributed by atoms with Crippen LogP contribution in [0, 0.1) is 11.8 Å².